The van der Waals surface area contributed by atoms with Gasteiger partial charge in [-0.3, -0.25) is 9.59 Å². The van der Waals surface area contributed by atoms with E-state index in [-0.39, 0.29) is 23.8 Å². The molecule has 1 atom stereocenters. The van der Waals surface area contributed by atoms with Crippen LogP contribution in [-0.2, 0) is 9.59 Å². The first kappa shape index (κ1) is 27.9. The number of methoxy groups -OCH3 is 3. The number of pyridine rings is 1. The third-order valence-corrected chi connectivity index (χ3v) is 8.47. The predicted octanol–water partition coefficient (Wildman–Crippen LogP) is 6.22. The number of anilines is 1. The summed E-state index contributed by atoms with van der Waals surface area (Å²) in [6.45, 7) is 0. The minimum atomic E-state index is -0.759. The van der Waals surface area contributed by atoms with E-state index in [0.29, 0.717) is 44.8 Å². The van der Waals surface area contributed by atoms with E-state index in [4.69, 9.17) is 19.2 Å². The summed E-state index contributed by atoms with van der Waals surface area (Å²) >= 11 is 1.12. The van der Waals surface area contributed by atoms with Crippen LogP contribution in [0.1, 0.15) is 12.0 Å². The second-order valence-corrected chi connectivity index (χ2v) is 10.9. The molecule has 2 amide bonds. The number of aromatic amines is 1. The van der Waals surface area contributed by atoms with E-state index in [1.165, 1.54) is 26.2 Å². The minimum Gasteiger partial charge on any atom is -0.493 e. The molecule has 6 rings (SSSR count). The van der Waals surface area contributed by atoms with Crippen LogP contribution in [0.15, 0.2) is 84.0 Å². The van der Waals surface area contributed by atoms with Gasteiger partial charge in [0.1, 0.15) is 11.1 Å². The van der Waals surface area contributed by atoms with E-state index < -0.39 is 5.25 Å². The number of benzene rings is 3. The first-order valence-electron chi connectivity index (χ1n) is 13.4. The maximum absolute atomic E-state index is 13.7. The van der Waals surface area contributed by atoms with Gasteiger partial charge in [0.2, 0.25) is 17.6 Å². The lowest BCUT2D eigenvalue weighted by molar-refractivity contribution is -0.121. The quantitative estimate of drug-likeness (QED) is 0.212. The Morgan fingerprint density at radius 2 is 1.67 bits per heavy atom. The van der Waals surface area contributed by atoms with Crippen molar-refractivity contribution in [2.45, 2.75) is 16.7 Å². The van der Waals surface area contributed by atoms with Crippen LogP contribution >= 0.6 is 11.8 Å². The molecule has 1 fully saturated rings. The average molecular weight is 591 g/mol. The topological polar surface area (TPSA) is 118 Å². The number of H-pyrrole nitrogens is 1. The largest absolute Gasteiger partial charge is 0.493 e. The molecule has 0 aliphatic carbocycles. The fraction of sp³-hybridized carbons (Fsp3) is 0.152. The molecule has 10 heteroatoms. The summed E-state index contributed by atoms with van der Waals surface area (Å²) in [5.41, 5.74) is 4.25. The maximum atomic E-state index is 13.7. The highest BCUT2D eigenvalue weighted by atomic mass is 32.2. The van der Waals surface area contributed by atoms with E-state index in [2.05, 4.69) is 11.1 Å². The molecule has 43 heavy (non-hydrogen) atoms. The summed E-state index contributed by atoms with van der Waals surface area (Å²) in [5, 5.41) is 11.0. The summed E-state index contributed by atoms with van der Waals surface area (Å²) in [6.07, 6.45) is 1.79. The van der Waals surface area contributed by atoms with E-state index in [9.17, 15) is 14.9 Å². The molecular formula is C33H26N4O5S. The molecule has 5 aromatic rings. The number of nitriles is 1. The van der Waals surface area contributed by atoms with E-state index in [1.54, 1.807) is 30.5 Å². The van der Waals surface area contributed by atoms with Crippen molar-refractivity contribution in [1.29, 1.82) is 5.26 Å². The van der Waals surface area contributed by atoms with Gasteiger partial charge >= 0.3 is 0 Å². The number of hydrogen-bond donors (Lipinski definition) is 1. The molecule has 3 aromatic carbocycles. The number of ether oxygens (including phenoxy) is 3. The number of thioether (sulfide) groups is 1. The molecule has 0 bridgehead atoms. The number of carbonyl (C=O) groups is 2. The molecular weight excluding hydrogens is 564 g/mol. The van der Waals surface area contributed by atoms with Crippen molar-refractivity contribution in [3.05, 3.63) is 84.6 Å². The highest BCUT2D eigenvalue weighted by molar-refractivity contribution is 8.00. The van der Waals surface area contributed by atoms with Gasteiger partial charge in [-0.15, -0.1) is 0 Å². The molecule has 0 spiro atoms. The van der Waals surface area contributed by atoms with Crippen molar-refractivity contribution < 1.29 is 23.8 Å². The Labute approximate surface area is 252 Å². The van der Waals surface area contributed by atoms with Crippen LogP contribution in [0.5, 0.6) is 17.2 Å². The van der Waals surface area contributed by atoms with Crippen LogP contribution in [0.3, 0.4) is 0 Å². The normalized spacial score (nSPS) is 14.7. The van der Waals surface area contributed by atoms with Gasteiger partial charge in [-0.2, -0.15) is 5.26 Å². The number of aromatic nitrogens is 2. The van der Waals surface area contributed by atoms with Gasteiger partial charge in [0.05, 0.1) is 43.5 Å². The van der Waals surface area contributed by atoms with Crippen LogP contribution in [0.4, 0.5) is 5.69 Å². The summed E-state index contributed by atoms with van der Waals surface area (Å²) in [4.78, 5) is 36.0. The molecule has 3 heterocycles. The third kappa shape index (κ3) is 5.04. The number of fused-ring (bicyclic) bond motifs is 1. The fourth-order valence-electron chi connectivity index (χ4n) is 5.21. The number of carbonyl (C=O) groups excluding carboxylic acids is 2. The Hall–Kier alpha value is -5.27. The second kappa shape index (κ2) is 11.5. The van der Waals surface area contributed by atoms with Crippen molar-refractivity contribution in [2.75, 3.05) is 26.2 Å². The highest BCUT2D eigenvalue weighted by Gasteiger charge is 2.41. The molecule has 2 aromatic heterocycles. The Morgan fingerprint density at radius 1 is 0.930 bits per heavy atom. The number of nitrogens with one attached hydrogen (secondary N) is 1. The molecule has 1 aliphatic rings. The van der Waals surface area contributed by atoms with Gasteiger partial charge in [0, 0.05) is 29.3 Å². The van der Waals surface area contributed by atoms with Gasteiger partial charge in [0.25, 0.3) is 0 Å². The van der Waals surface area contributed by atoms with Gasteiger partial charge in [-0.25, -0.2) is 9.88 Å². The molecule has 9 nitrogen and oxygen atoms in total. The summed E-state index contributed by atoms with van der Waals surface area (Å²) in [7, 11) is 4.57. The lowest BCUT2D eigenvalue weighted by Crippen LogP contribution is -2.31. The molecule has 1 saturated heterocycles. The number of hydrogen-bond acceptors (Lipinski definition) is 8. The molecule has 1 N–H and O–H groups in total. The maximum Gasteiger partial charge on any atom is 0.247 e. The molecule has 214 valence electrons. The van der Waals surface area contributed by atoms with E-state index >= 15 is 0 Å². The van der Waals surface area contributed by atoms with Crippen LogP contribution in [-0.4, -0.2) is 48.4 Å². The smallest absolute Gasteiger partial charge is 0.247 e. The predicted molar refractivity (Wildman–Crippen MR) is 165 cm³/mol. The van der Waals surface area contributed by atoms with Crippen LogP contribution < -0.4 is 19.1 Å². The zero-order chi connectivity index (χ0) is 30.1. The van der Waals surface area contributed by atoms with Crippen LogP contribution in [0, 0.1) is 11.3 Å². The van der Waals surface area contributed by atoms with Gasteiger partial charge in [-0.1, -0.05) is 48.2 Å². The first-order valence-corrected chi connectivity index (χ1v) is 14.2. The van der Waals surface area contributed by atoms with Gasteiger partial charge in [0.15, 0.2) is 11.5 Å². The Balaban J connectivity index is 1.45. The Kier molecular flexibility index (Phi) is 7.49. The van der Waals surface area contributed by atoms with Crippen LogP contribution in [0.25, 0.3) is 33.3 Å². The molecule has 0 saturated carbocycles. The van der Waals surface area contributed by atoms with E-state index in [1.807, 2.05) is 48.5 Å². The standard InChI is InChI=1S/C33H26N4O5S/c1-40-27-13-21(14-28(41-2)31(27)42-3)23-16-26(19-7-5-4-6-8-19)36-32(24(23)18-34)43-29-17-30(38)37(33(29)39)22-10-9-20-11-12-35-25(20)15-22/h4-16,29,35H,17H2,1-3H3. The number of imide groups is 1. The van der Waals surface area contributed by atoms with E-state index in [0.717, 1.165) is 28.2 Å². The highest BCUT2D eigenvalue weighted by Crippen LogP contribution is 2.44. The first-order chi connectivity index (χ1) is 20.9. The fourth-order valence-corrected chi connectivity index (χ4v) is 6.34. The Morgan fingerprint density at radius 3 is 2.35 bits per heavy atom. The zero-order valence-electron chi connectivity index (χ0n) is 23.6. The monoisotopic (exact) mass is 590 g/mol. The van der Waals surface area contributed by atoms with Gasteiger partial charge in [-0.05, 0) is 47.3 Å². The van der Waals surface area contributed by atoms with Crippen molar-refractivity contribution in [2.24, 2.45) is 0 Å². The van der Waals surface area contributed by atoms with Crippen molar-refractivity contribution in [3.8, 4) is 45.7 Å². The van der Waals surface area contributed by atoms with Crippen molar-refractivity contribution in [3.63, 3.8) is 0 Å². The lowest BCUT2D eigenvalue weighted by atomic mass is 9.98. The third-order valence-electron chi connectivity index (χ3n) is 7.30. The second-order valence-electron chi connectivity index (χ2n) is 9.75. The summed E-state index contributed by atoms with van der Waals surface area (Å²) < 4.78 is 16.6. The minimum absolute atomic E-state index is 0.0199. The SMILES string of the molecule is COc1cc(-c2cc(-c3ccccc3)nc(SC3CC(=O)N(c4ccc5cc[nH]c5c4)C3=O)c2C#N)cc(OC)c1OC. The van der Waals surface area contributed by atoms with Crippen molar-refractivity contribution >= 4 is 40.2 Å². The number of amides is 2. The zero-order valence-corrected chi connectivity index (χ0v) is 24.4. The molecule has 1 unspecified atom stereocenters. The lowest BCUT2D eigenvalue weighted by Gasteiger charge is -2.18. The van der Waals surface area contributed by atoms with Crippen molar-refractivity contribution in [1.82, 2.24) is 9.97 Å². The Bertz CT molecular complexity index is 1890. The number of nitrogens with zero attached hydrogens (tertiary/aromatic N) is 3. The number of rotatable bonds is 8. The molecule has 0 radical (unpaired) electrons. The average Bonchev–Trinajstić information content (AvgIpc) is 3.62. The summed E-state index contributed by atoms with van der Waals surface area (Å²) in [5.74, 6) is 0.618. The summed E-state index contributed by atoms with van der Waals surface area (Å²) in [6, 6.07) is 24.6. The van der Waals surface area contributed by atoms with Gasteiger partial charge < -0.3 is 19.2 Å². The molecule has 1 aliphatic heterocycles. The van der Waals surface area contributed by atoms with Crippen LogP contribution in [0.2, 0.25) is 0 Å².